The summed E-state index contributed by atoms with van der Waals surface area (Å²) in [5.41, 5.74) is 1.02. The minimum absolute atomic E-state index is 0.206. The second kappa shape index (κ2) is 5.11. The molecular weight excluding hydrogens is 354 g/mol. The summed E-state index contributed by atoms with van der Waals surface area (Å²) >= 11 is 11.5. The highest BCUT2D eigenvalue weighted by Crippen LogP contribution is 2.39. The first-order valence-electron chi connectivity index (χ1n) is 6.56. The van der Waals surface area contributed by atoms with E-state index < -0.39 is 5.92 Å². The molecule has 7 nitrogen and oxygen atoms in total. The molecule has 0 saturated carbocycles. The van der Waals surface area contributed by atoms with Crippen molar-refractivity contribution in [2.75, 3.05) is 5.32 Å². The number of nitrogens with one attached hydrogen (secondary N) is 5. The van der Waals surface area contributed by atoms with Crippen LogP contribution < -0.4 is 16.4 Å². The largest absolute Gasteiger partial charge is 0.327 e. The fourth-order valence-corrected chi connectivity index (χ4v) is 3.86. The van der Waals surface area contributed by atoms with Crippen molar-refractivity contribution in [3.63, 3.8) is 0 Å². The Morgan fingerprint density at radius 1 is 0.913 bits per heavy atom. The van der Waals surface area contributed by atoms with Gasteiger partial charge >= 0.3 is 0 Å². The molecule has 0 saturated heterocycles. The monoisotopic (exact) mass is 363 g/mol. The summed E-state index contributed by atoms with van der Waals surface area (Å²) in [6.07, 6.45) is 0. The van der Waals surface area contributed by atoms with Crippen LogP contribution in [0.15, 0.2) is 26.4 Å². The third-order valence-corrected chi connectivity index (χ3v) is 4.77. The van der Waals surface area contributed by atoms with Gasteiger partial charge in [0.25, 0.3) is 11.1 Å². The van der Waals surface area contributed by atoms with E-state index in [4.69, 9.17) is 24.4 Å². The van der Waals surface area contributed by atoms with Crippen molar-refractivity contribution in [3.8, 4) is 0 Å². The zero-order valence-corrected chi connectivity index (χ0v) is 13.8. The maximum absolute atomic E-state index is 12.5. The molecular formula is C13H9N5O2S3. The van der Waals surface area contributed by atoms with Gasteiger partial charge in [-0.3, -0.25) is 19.6 Å². The van der Waals surface area contributed by atoms with Gasteiger partial charge in [-0.1, -0.05) is 0 Å². The van der Waals surface area contributed by atoms with Crippen molar-refractivity contribution in [1.29, 1.82) is 0 Å². The lowest BCUT2D eigenvalue weighted by atomic mass is 9.86. The van der Waals surface area contributed by atoms with Gasteiger partial charge < -0.3 is 15.3 Å². The van der Waals surface area contributed by atoms with Crippen LogP contribution in [-0.4, -0.2) is 19.9 Å². The zero-order valence-electron chi connectivity index (χ0n) is 11.4. The third-order valence-electron chi connectivity index (χ3n) is 3.66. The van der Waals surface area contributed by atoms with Crippen LogP contribution in [0.25, 0.3) is 0 Å². The van der Waals surface area contributed by atoms with Gasteiger partial charge in [-0.2, -0.15) is 11.3 Å². The summed E-state index contributed by atoms with van der Waals surface area (Å²) < 4.78 is 0.411. The van der Waals surface area contributed by atoms with Crippen molar-refractivity contribution in [2.24, 2.45) is 0 Å². The summed E-state index contributed by atoms with van der Waals surface area (Å²) in [5.74, 6) is 0.399. The molecule has 4 rings (SSSR count). The van der Waals surface area contributed by atoms with Gasteiger partial charge in [0, 0.05) is 0 Å². The van der Waals surface area contributed by atoms with Gasteiger partial charge in [-0.05, 0) is 46.8 Å². The first kappa shape index (κ1) is 14.3. The Bertz CT molecular complexity index is 1060. The lowest BCUT2D eigenvalue weighted by Crippen LogP contribution is -2.31. The van der Waals surface area contributed by atoms with Crippen molar-refractivity contribution in [1.82, 2.24) is 19.9 Å². The van der Waals surface area contributed by atoms with Crippen LogP contribution in [0.2, 0.25) is 0 Å². The van der Waals surface area contributed by atoms with Crippen LogP contribution in [-0.2, 0) is 0 Å². The second-order valence-corrected chi connectivity index (χ2v) is 6.61. The fourth-order valence-electron chi connectivity index (χ4n) is 2.78. The molecule has 0 radical (unpaired) electrons. The number of aromatic amines is 4. The van der Waals surface area contributed by atoms with Gasteiger partial charge in [0.2, 0.25) is 0 Å². The highest BCUT2D eigenvalue weighted by molar-refractivity contribution is 7.71. The lowest BCUT2D eigenvalue weighted by molar-refractivity contribution is 0.861. The van der Waals surface area contributed by atoms with Crippen LogP contribution in [0, 0.1) is 9.54 Å². The van der Waals surface area contributed by atoms with Crippen LogP contribution >= 0.6 is 35.8 Å². The fraction of sp³-hybridized carbons (Fsp3) is 0.0769. The molecule has 0 fully saturated rings. The zero-order chi connectivity index (χ0) is 16.1. The highest BCUT2D eigenvalue weighted by Gasteiger charge is 2.33. The SMILES string of the molecule is O=c1[nH]c(=S)[nH]c2c1C(c1ccsc1)c1c([nH]c(=S)[nH]c1=O)N2. The van der Waals surface area contributed by atoms with E-state index in [0.29, 0.717) is 22.8 Å². The molecule has 5 N–H and O–H groups in total. The van der Waals surface area contributed by atoms with E-state index in [9.17, 15) is 9.59 Å². The molecule has 0 aliphatic carbocycles. The average molecular weight is 363 g/mol. The van der Waals surface area contributed by atoms with Crippen LogP contribution in [0.1, 0.15) is 22.6 Å². The van der Waals surface area contributed by atoms with Gasteiger partial charge in [0.05, 0.1) is 17.0 Å². The Hall–Kier alpha value is -2.30. The standard InChI is InChI=1S/C13H9N5O2S3/c19-10-6-5(4-1-2-23-3-4)7-9(16-13(22)18-11(7)20)14-8(6)15-12(21)17-10/h1-3,5H,(H5,14,15,16,17,18,19,20,21,22). The molecule has 116 valence electrons. The summed E-state index contributed by atoms with van der Waals surface area (Å²) in [6, 6.07) is 1.89. The van der Waals surface area contributed by atoms with E-state index in [1.54, 1.807) is 0 Å². The molecule has 1 aliphatic heterocycles. The summed E-state index contributed by atoms with van der Waals surface area (Å²) in [4.78, 5) is 35.9. The third kappa shape index (κ3) is 2.22. The van der Waals surface area contributed by atoms with Gasteiger partial charge in [-0.15, -0.1) is 0 Å². The number of hydrogen-bond acceptors (Lipinski definition) is 6. The van der Waals surface area contributed by atoms with Crippen molar-refractivity contribution in [2.45, 2.75) is 5.92 Å². The van der Waals surface area contributed by atoms with Gasteiger partial charge in [0.15, 0.2) is 9.54 Å². The minimum Gasteiger partial charge on any atom is -0.327 e. The number of thiophene rings is 1. The number of aromatic nitrogens is 4. The molecule has 3 aromatic rings. The van der Waals surface area contributed by atoms with E-state index in [2.05, 4.69) is 25.3 Å². The number of rotatable bonds is 1. The minimum atomic E-state index is -0.515. The number of hydrogen-bond donors (Lipinski definition) is 5. The molecule has 4 heterocycles. The molecule has 3 aromatic heterocycles. The summed E-state index contributed by atoms with van der Waals surface area (Å²) in [5, 5.41) is 6.82. The Morgan fingerprint density at radius 2 is 1.48 bits per heavy atom. The Labute approximate surface area is 142 Å². The molecule has 0 amide bonds. The maximum atomic E-state index is 12.5. The van der Waals surface area contributed by atoms with Crippen LogP contribution in [0.3, 0.4) is 0 Å². The second-order valence-electron chi connectivity index (χ2n) is 5.01. The van der Waals surface area contributed by atoms with E-state index >= 15 is 0 Å². The number of anilines is 2. The molecule has 0 spiro atoms. The first-order valence-corrected chi connectivity index (χ1v) is 8.32. The number of H-pyrrole nitrogens is 4. The molecule has 1 aliphatic rings. The quantitative estimate of drug-likeness (QED) is 0.334. The molecule has 10 heteroatoms. The lowest BCUT2D eigenvalue weighted by Gasteiger charge is -2.26. The van der Waals surface area contributed by atoms with E-state index in [1.165, 1.54) is 11.3 Å². The molecule has 0 atom stereocenters. The van der Waals surface area contributed by atoms with E-state index in [0.717, 1.165) is 5.56 Å². The Morgan fingerprint density at radius 3 is 1.96 bits per heavy atom. The van der Waals surface area contributed by atoms with Crippen molar-refractivity contribution >= 4 is 47.4 Å². The van der Waals surface area contributed by atoms with Crippen LogP contribution in [0.5, 0.6) is 0 Å². The van der Waals surface area contributed by atoms with Crippen LogP contribution in [0.4, 0.5) is 11.6 Å². The van der Waals surface area contributed by atoms with E-state index in [1.807, 2.05) is 16.8 Å². The topological polar surface area (TPSA) is 109 Å². The summed E-state index contributed by atoms with van der Waals surface area (Å²) in [7, 11) is 0. The predicted molar refractivity (Wildman–Crippen MR) is 93.0 cm³/mol. The molecule has 0 unspecified atom stereocenters. The molecule has 0 aromatic carbocycles. The smallest absolute Gasteiger partial charge is 0.257 e. The molecule has 0 bridgehead atoms. The van der Waals surface area contributed by atoms with Crippen molar-refractivity contribution in [3.05, 3.63) is 63.8 Å². The summed E-state index contributed by atoms with van der Waals surface area (Å²) in [6.45, 7) is 0. The number of fused-ring (bicyclic) bond motifs is 2. The molecule has 23 heavy (non-hydrogen) atoms. The Balaban J connectivity index is 2.14. The first-order chi connectivity index (χ1) is 11.0. The Kier molecular flexibility index (Phi) is 3.18. The predicted octanol–water partition coefficient (Wildman–Crippen LogP) is 2.48. The van der Waals surface area contributed by atoms with Gasteiger partial charge in [-0.25, -0.2) is 0 Å². The maximum Gasteiger partial charge on any atom is 0.257 e. The average Bonchev–Trinajstić information content (AvgIpc) is 2.98. The normalized spacial score (nSPS) is 13.2. The van der Waals surface area contributed by atoms with E-state index in [-0.39, 0.29) is 20.7 Å². The highest BCUT2D eigenvalue weighted by atomic mass is 32.1. The van der Waals surface area contributed by atoms with Crippen molar-refractivity contribution < 1.29 is 0 Å². The van der Waals surface area contributed by atoms with Gasteiger partial charge in [0.1, 0.15) is 11.6 Å².